The van der Waals surface area contributed by atoms with Gasteiger partial charge < -0.3 is 14.8 Å². The fourth-order valence-electron chi connectivity index (χ4n) is 2.23. The molecule has 2 rings (SSSR count). The van der Waals surface area contributed by atoms with Crippen LogP contribution in [0.4, 0.5) is 13.2 Å². The second-order valence-electron chi connectivity index (χ2n) is 5.49. The lowest BCUT2D eigenvalue weighted by molar-refractivity contribution is -0.287. The van der Waals surface area contributed by atoms with E-state index in [0.717, 1.165) is 0 Å². The number of hydrogen-bond donors (Lipinski definition) is 1. The quantitative estimate of drug-likeness (QED) is 0.589. The minimum atomic E-state index is -5.25. The zero-order valence-corrected chi connectivity index (χ0v) is 14.5. The van der Waals surface area contributed by atoms with Crippen molar-refractivity contribution in [2.75, 3.05) is 6.61 Å². The normalized spacial score (nSPS) is 13.5. The van der Waals surface area contributed by atoms with Gasteiger partial charge in [-0.3, -0.25) is 4.79 Å². The van der Waals surface area contributed by atoms with Crippen molar-refractivity contribution in [1.82, 2.24) is 5.32 Å². The summed E-state index contributed by atoms with van der Waals surface area (Å²) in [4.78, 5) is 24.5. The molecule has 144 valence electrons. The van der Waals surface area contributed by atoms with Crippen molar-refractivity contribution in [2.45, 2.75) is 25.4 Å². The van der Waals surface area contributed by atoms with Crippen molar-refractivity contribution in [1.29, 1.82) is 0 Å². The maximum Gasteiger partial charge on any atom is 0.448 e. The molecule has 0 saturated heterocycles. The average Bonchev–Trinajstić information content (AvgIpc) is 2.65. The highest BCUT2D eigenvalue weighted by Crippen LogP contribution is 2.34. The molecule has 0 unspecified atom stereocenters. The van der Waals surface area contributed by atoms with Gasteiger partial charge in [0.05, 0.1) is 13.2 Å². The van der Waals surface area contributed by atoms with Gasteiger partial charge in [-0.05, 0) is 24.6 Å². The maximum atomic E-state index is 13.9. The minimum absolute atomic E-state index is 0.0567. The Labute approximate surface area is 154 Å². The first kappa shape index (κ1) is 20.4. The zero-order valence-electron chi connectivity index (χ0n) is 14.5. The molecule has 0 fully saturated rings. The van der Waals surface area contributed by atoms with E-state index < -0.39 is 30.4 Å². The van der Waals surface area contributed by atoms with Crippen LogP contribution in [0.15, 0.2) is 60.7 Å². The minimum Gasteiger partial charge on any atom is -0.462 e. The number of amides is 1. The molecule has 0 aromatic heterocycles. The van der Waals surface area contributed by atoms with Gasteiger partial charge in [0.1, 0.15) is 0 Å². The first-order valence-electron chi connectivity index (χ1n) is 8.09. The Balaban J connectivity index is 2.37. The van der Waals surface area contributed by atoms with Crippen LogP contribution in [0.5, 0.6) is 0 Å². The van der Waals surface area contributed by atoms with Gasteiger partial charge in [0, 0.05) is 5.56 Å². The molecule has 0 radical (unpaired) electrons. The van der Waals surface area contributed by atoms with E-state index in [1.807, 2.05) is 0 Å². The number of ether oxygens (including phenoxy) is 2. The molecule has 1 atom stereocenters. The molecule has 0 aliphatic heterocycles. The van der Waals surface area contributed by atoms with E-state index in [4.69, 9.17) is 4.74 Å². The van der Waals surface area contributed by atoms with Crippen molar-refractivity contribution >= 4 is 11.9 Å². The molecular formula is C19H18F3NO4. The van der Waals surface area contributed by atoms with Crippen molar-refractivity contribution in [3.63, 3.8) is 0 Å². The number of carbonyl (C=O) groups excluding carboxylic acids is 2. The lowest BCUT2D eigenvalue weighted by atomic mass is 10.1. The second kappa shape index (κ2) is 8.68. The third-order valence-electron chi connectivity index (χ3n) is 3.59. The summed E-state index contributed by atoms with van der Waals surface area (Å²) in [7, 11) is 0. The highest BCUT2D eigenvalue weighted by molar-refractivity contribution is 5.98. The fraction of sp³-hybridized carbons (Fsp3) is 0.263. The molecule has 8 heteroatoms. The third kappa shape index (κ3) is 4.85. The number of alkyl halides is 3. The first-order valence-corrected chi connectivity index (χ1v) is 8.09. The molecule has 0 saturated carbocycles. The molecule has 0 heterocycles. The maximum absolute atomic E-state index is 13.9. The number of nitrogens with one attached hydrogen (secondary N) is 1. The van der Waals surface area contributed by atoms with E-state index in [1.165, 1.54) is 43.3 Å². The van der Waals surface area contributed by atoms with Crippen LogP contribution in [0.3, 0.4) is 0 Å². The fourth-order valence-corrected chi connectivity index (χ4v) is 2.23. The molecule has 27 heavy (non-hydrogen) atoms. The molecule has 2 aromatic carbocycles. The summed E-state index contributed by atoms with van der Waals surface area (Å²) in [6.45, 7) is 0.482. The number of rotatable bonds is 7. The topological polar surface area (TPSA) is 64.6 Å². The number of benzene rings is 2. The van der Waals surface area contributed by atoms with Gasteiger partial charge in [-0.1, -0.05) is 48.5 Å². The van der Waals surface area contributed by atoms with E-state index in [9.17, 15) is 22.8 Å². The Morgan fingerprint density at radius 3 is 2.04 bits per heavy atom. The van der Waals surface area contributed by atoms with E-state index in [1.54, 1.807) is 29.6 Å². The lowest BCUT2D eigenvalue weighted by Gasteiger charge is -2.33. The van der Waals surface area contributed by atoms with Crippen LogP contribution in [-0.2, 0) is 20.9 Å². The molecule has 1 N–H and O–H groups in total. The largest absolute Gasteiger partial charge is 0.462 e. The zero-order chi connectivity index (χ0) is 19.9. The van der Waals surface area contributed by atoms with Gasteiger partial charge in [-0.2, -0.15) is 13.2 Å². The summed E-state index contributed by atoms with van der Waals surface area (Å²) in [5, 5.41) is 1.68. The Morgan fingerprint density at radius 1 is 0.963 bits per heavy atom. The molecule has 0 aliphatic rings. The van der Waals surface area contributed by atoms with Gasteiger partial charge >= 0.3 is 17.9 Å². The summed E-state index contributed by atoms with van der Waals surface area (Å²) in [6.07, 6.45) is -5.25. The van der Waals surface area contributed by atoms with Crippen molar-refractivity contribution in [3.05, 3.63) is 71.8 Å². The summed E-state index contributed by atoms with van der Waals surface area (Å²) in [5.74, 6) is -2.85. The van der Waals surface area contributed by atoms with Crippen molar-refractivity contribution in [3.8, 4) is 0 Å². The lowest BCUT2D eigenvalue weighted by Crippen LogP contribution is -2.66. The number of esters is 1. The number of carbonyl (C=O) groups is 2. The average molecular weight is 381 g/mol. The van der Waals surface area contributed by atoms with Crippen LogP contribution in [-0.4, -0.2) is 30.4 Å². The van der Waals surface area contributed by atoms with Crippen LogP contribution in [0.1, 0.15) is 22.8 Å². The van der Waals surface area contributed by atoms with E-state index in [0.29, 0.717) is 5.56 Å². The summed E-state index contributed by atoms with van der Waals surface area (Å²) >= 11 is 0. The smallest absolute Gasteiger partial charge is 0.448 e. The van der Waals surface area contributed by atoms with Gasteiger partial charge in [0.25, 0.3) is 5.91 Å². The number of halogens is 3. The Bertz CT molecular complexity index is 766. The Hall–Kier alpha value is -2.87. The highest BCUT2D eigenvalue weighted by atomic mass is 19.4. The summed E-state index contributed by atoms with van der Waals surface area (Å²) in [6, 6.07) is 15.2. The van der Waals surface area contributed by atoms with Crippen LogP contribution >= 0.6 is 0 Å². The molecule has 5 nitrogen and oxygen atoms in total. The van der Waals surface area contributed by atoms with Gasteiger partial charge in [-0.15, -0.1) is 0 Å². The molecule has 0 aliphatic carbocycles. The third-order valence-corrected chi connectivity index (χ3v) is 3.59. The van der Waals surface area contributed by atoms with E-state index in [2.05, 4.69) is 4.74 Å². The summed E-state index contributed by atoms with van der Waals surface area (Å²) in [5.41, 5.74) is -3.30. The Kier molecular flexibility index (Phi) is 6.57. The predicted molar refractivity (Wildman–Crippen MR) is 90.6 cm³/mol. The molecular weight excluding hydrogens is 363 g/mol. The van der Waals surface area contributed by atoms with Crippen LogP contribution in [0, 0.1) is 0 Å². The summed E-state index contributed by atoms with van der Waals surface area (Å²) < 4.78 is 51.2. The van der Waals surface area contributed by atoms with Gasteiger partial charge in [0.15, 0.2) is 0 Å². The van der Waals surface area contributed by atoms with Crippen molar-refractivity contribution in [2.24, 2.45) is 0 Å². The second-order valence-corrected chi connectivity index (χ2v) is 5.49. The van der Waals surface area contributed by atoms with Gasteiger partial charge in [0.2, 0.25) is 0 Å². The molecule has 0 bridgehead atoms. The standard InChI is InChI=1S/C19H18F3NO4/c1-2-26-17(25)18(19(20,21)22,27-13-14-9-5-3-6-10-14)23-16(24)15-11-7-4-8-12-15/h3-12H,2,13H2,1H3,(H,23,24)/t18-/m0/s1. The first-order chi connectivity index (χ1) is 12.8. The monoisotopic (exact) mass is 381 g/mol. The predicted octanol–water partition coefficient (Wildman–Crippen LogP) is 3.45. The molecule has 1 amide bonds. The SMILES string of the molecule is CCOC(=O)[C@](NC(=O)c1ccccc1)(OCc1ccccc1)C(F)(F)F. The van der Waals surface area contributed by atoms with E-state index >= 15 is 0 Å². The van der Waals surface area contributed by atoms with Gasteiger partial charge in [-0.25, -0.2) is 4.79 Å². The number of hydrogen-bond acceptors (Lipinski definition) is 4. The molecule has 2 aromatic rings. The van der Waals surface area contributed by atoms with Crippen molar-refractivity contribution < 1.29 is 32.2 Å². The molecule has 0 spiro atoms. The van der Waals surface area contributed by atoms with E-state index in [-0.39, 0.29) is 12.2 Å². The Morgan fingerprint density at radius 2 is 1.52 bits per heavy atom. The van der Waals surface area contributed by atoms with Crippen LogP contribution in [0.2, 0.25) is 0 Å². The van der Waals surface area contributed by atoms with Crippen LogP contribution < -0.4 is 5.32 Å². The van der Waals surface area contributed by atoms with Crippen LogP contribution in [0.25, 0.3) is 0 Å². The highest BCUT2D eigenvalue weighted by Gasteiger charge is 2.65.